The van der Waals surface area contributed by atoms with E-state index < -0.39 is 0 Å². The maximum atomic E-state index is 8.99. The van der Waals surface area contributed by atoms with Crippen molar-refractivity contribution in [3.8, 4) is 5.75 Å². The number of benzene rings is 1. The van der Waals surface area contributed by atoms with E-state index in [0.29, 0.717) is 0 Å². The molecule has 0 aromatic heterocycles. The van der Waals surface area contributed by atoms with Gasteiger partial charge in [-0.15, -0.1) is 0 Å². The minimum absolute atomic E-state index is 0.388. The van der Waals surface area contributed by atoms with Gasteiger partial charge in [0.1, 0.15) is 5.75 Å². The molecule has 0 aliphatic heterocycles. The maximum Gasteiger partial charge on any atom is 0.118 e. The number of aliphatic hydroxyl groups excluding tert-OH is 1. The zero-order valence-corrected chi connectivity index (χ0v) is 9.12. The second-order valence-corrected chi connectivity index (χ2v) is 3.84. The minimum Gasteiger partial charge on any atom is -0.497 e. The molecule has 3 heteroatoms. The molecule has 0 spiro atoms. The lowest BCUT2D eigenvalue weighted by atomic mass is 10.3. The molecule has 0 aliphatic carbocycles. The van der Waals surface area contributed by atoms with Crippen molar-refractivity contribution in [2.75, 3.05) is 7.11 Å². The lowest BCUT2D eigenvalue weighted by Crippen LogP contribution is -1.90. The van der Waals surface area contributed by atoms with E-state index in [4.69, 9.17) is 9.84 Å². The largest absolute Gasteiger partial charge is 0.497 e. The van der Waals surface area contributed by atoms with E-state index in [9.17, 15) is 0 Å². The number of rotatable bonds is 4. The first-order valence-corrected chi connectivity index (χ1v) is 5.26. The first-order chi connectivity index (χ1) is 6.72. The quantitative estimate of drug-likeness (QED) is 0.775. The lowest BCUT2D eigenvalue weighted by Gasteiger charge is -2.00. The Hall–Kier alpha value is -0.930. The molecule has 0 fully saturated rings. The topological polar surface area (TPSA) is 29.5 Å². The average molecular weight is 210 g/mol. The monoisotopic (exact) mass is 210 g/mol. The second kappa shape index (κ2) is 5.73. The summed E-state index contributed by atoms with van der Waals surface area (Å²) in [5, 5.41) is 10.9. The van der Waals surface area contributed by atoms with Crippen molar-refractivity contribution in [3.63, 3.8) is 0 Å². The van der Waals surface area contributed by atoms with Crippen LogP contribution in [-0.2, 0) is 0 Å². The van der Waals surface area contributed by atoms with Crippen LogP contribution in [0.2, 0.25) is 0 Å². The fourth-order valence-corrected chi connectivity index (χ4v) is 1.64. The summed E-state index contributed by atoms with van der Waals surface area (Å²) >= 11 is 1.57. The molecule has 1 rings (SSSR count). The van der Waals surface area contributed by atoms with Crippen LogP contribution in [-0.4, -0.2) is 18.3 Å². The number of methoxy groups -OCH3 is 1. The zero-order valence-electron chi connectivity index (χ0n) is 8.31. The standard InChI is InChI=1S/C11H14O2S/c1-9(12)7-8-14-11-5-3-10(13-2)4-6-11/h3-9,12H,1-2H3/b8-7-. The van der Waals surface area contributed by atoms with E-state index in [-0.39, 0.29) is 6.10 Å². The second-order valence-electron chi connectivity index (χ2n) is 2.86. The van der Waals surface area contributed by atoms with Crippen LogP contribution in [0.25, 0.3) is 0 Å². The van der Waals surface area contributed by atoms with Crippen molar-refractivity contribution in [1.29, 1.82) is 0 Å². The van der Waals surface area contributed by atoms with E-state index in [1.54, 1.807) is 31.9 Å². The average Bonchev–Trinajstić information content (AvgIpc) is 2.18. The number of ether oxygens (including phenoxy) is 1. The summed E-state index contributed by atoms with van der Waals surface area (Å²) < 4.78 is 5.04. The molecule has 1 unspecified atom stereocenters. The van der Waals surface area contributed by atoms with Gasteiger partial charge in [-0.3, -0.25) is 0 Å². The van der Waals surface area contributed by atoms with Crippen molar-refractivity contribution in [2.24, 2.45) is 0 Å². The van der Waals surface area contributed by atoms with E-state index in [1.807, 2.05) is 29.7 Å². The van der Waals surface area contributed by atoms with Gasteiger partial charge in [0, 0.05) is 4.90 Å². The van der Waals surface area contributed by atoms with Crippen molar-refractivity contribution >= 4 is 11.8 Å². The molecule has 76 valence electrons. The Kier molecular flexibility index (Phi) is 4.56. The minimum atomic E-state index is -0.388. The van der Waals surface area contributed by atoms with E-state index in [2.05, 4.69) is 0 Å². The normalized spacial score (nSPS) is 13.1. The van der Waals surface area contributed by atoms with Gasteiger partial charge in [0.05, 0.1) is 13.2 Å². The van der Waals surface area contributed by atoms with Gasteiger partial charge in [-0.2, -0.15) is 0 Å². The highest BCUT2D eigenvalue weighted by Crippen LogP contribution is 2.22. The SMILES string of the molecule is COc1ccc(S/C=C\C(C)O)cc1. The number of thioether (sulfide) groups is 1. The Morgan fingerprint density at radius 1 is 1.36 bits per heavy atom. The molecule has 0 amide bonds. The third kappa shape index (κ3) is 3.85. The van der Waals surface area contributed by atoms with Crippen LogP contribution in [0.15, 0.2) is 40.6 Å². The summed E-state index contributed by atoms with van der Waals surface area (Å²) in [6.07, 6.45) is 1.36. The maximum absolute atomic E-state index is 8.99. The molecule has 0 heterocycles. The van der Waals surface area contributed by atoms with Crippen LogP contribution in [0.4, 0.5) is 0 Å². The Morgan fingerprint density at radius 2 is 2.00 bits per heavy atom. The van der Waals surface area contributed by atoms with Gasteiger partial charge in [0.25, 0.3) is 0 Å². The highest BCUT2D eigenvalue weighted by atomic mass is 32.2. The molecular weight excluding hydrogens is 196 g/mol. The summed E-state index contributed by atoms with van der Waals surface area (Å²) in [4.78, 5) is 1.13. The lowest BCUT2D eigenvalue weighted by molar-refractivity contribution is 0.244. The number of hydrogen-bond donors (Lipinski definition) is 1. The highest BCUT2D eigenvalue weighted by molar-refractivity contribution is 8.02. The Bertz CT molecular complexity index is 291. The third-order valence-electron chi connectivity index (χ3n) is 1.62. The Balaban J connectivity index is 2.52. The van der Waals surface area contributed by atoms with Crippen LogP contribution < -0.4 is 4.74 Å². The third-order valence-corrected chi connectivity index (χ3v) is 2.46. The van der Waals surface area contributed by atoms with Crippen molar-refractivity contribution in [3.05, 3.63) is 35.7 Å². The summed E-state index contributed by atoms with van der Waals surface area (Å²) in [7, 11) is 1.65. The van der Waals surface area contributed by atoms with Gasteiger partial charge < -0.3 is 9.84 Å². The molecule has 14 heavy (non-hydrogen) atoms. The number of aliphatic hydroxyl groups is 1. The fraction of sp³-hybridized carbons (Fsp3) is 0.273. The summed E-state index contributed by atoms with van der Waals surface area (Å²) in [6, 6.07) is 7.79. The van der Waals surface area contributed by atoms with Gasteiger partial charge in [0.2, 0.25) is 0 Å². The molecule has 0 saturated heterocycles. The Labute approximate surface area is 88.6 Å². The summed E-state index contributed by atoms with van der Waals surface area (Å²) in [6.45, 7) is 1.73. The molecule has 0 bridgehead atoms. The van der Waals surface area contributed by atoms with E-state index >= 15 is 0 Å². The van der Waals surface area contributed by atoms with Gasteiger partial charge >= 0.3 is 0 Å². The molecule has 0 saturated carbocycles. The molecule has 1 N–H and O–H groups in total. The predicted octanol–water partition coefficient (Wildman–Crippen LogP) is 2.68. The van der Waals surface area contributed by atoms with E-state index in [1.165, 1.54) is 0 Å². The fourth-order valence-electron chi connectivity index (χ4n) is 0.886. The predicted molar refractivity (Wildman–Crippen MR) is 59.7 cm³/mol. The highest BCUT2D eigenvalue weighted by Gasteiger charge is 1.92. The smallest absolute Gasteiger partial charge is 0.118 e. The van der Waals surface area contributed by atoms with Gasteiger partial charge in [0.15, 0.2) is 0 Å². The molecule has 1 atom stereocenters. The van der Waals surface area contributed by atoms with Crippen LogP contribution in [0.3, 0.4) is 0 Å². The van der Waals surface area contributed by atoms with Crippen LogP contribution >= 0.6 is 11.8 Å². The van der Waals surface area contributed by atoms with E-state index in [0.717, 1.165) is 10.6 Å². The van der Waals surface area contributed by atoms with Crippen molar-refractivity contribution in [1.82, 2.24) is 0 Å². The molecular formula is C11H14O2S. The Morgan fingerprint density at radius 3 is 2.50 bits per heavy atom. The van der Waals surface area contributed by atoms with Crippen molar-refractivity contribution in [2.45, 2.75) is 17.9 Å². The van der Waals surface area contributed by atoms with Gasteiger partial charge in [-0.1, -0.05) is 11.8 Å². The number of hydrogen-bond acceptors (Lipinski definition) is 3. The molecule has 0 aliphatic rings. The van der Waals surface area contributed by atoms with Crippen LogP contribution in [0, 0.1) is 0 Å². The van der Waals surface area contributed by atoms with Crippen LogP contribution in [0.1, 0.15) is 6.92 Å². The first kappa shape index (κ1) is 11.1. The van der Waals surface area contributed by atoms with Crippen molar-refractivity contribution < 1.29 is 9.84 Å². The van der Waals surface area contributed by atoms with Gasteiger partial charge in [-0.25, -0.2) is 0 Å². The van der Waals surface area contributed by atoms with Crippen LogP contribution in [0.5, 0.6) is 5.75 Å². The molecule has 2 nitrogen and oxygen atoms in total. The first-order valence-electron chi connectivity index (χ1n) is 4.38. The summed E-state index contributed by atoms with van der Waals surface area (Å²) in [5.74, 6) is 0.855. The van der Waals surface area contributed by atoms with Gasteiger partial charge in [-0.05, 0) is 42.7 Å². The summed E-state index contributed by atoms with van der Waals surface area (Å²) in [5.41, 5.74) is 0. The molecule has 1 aromatic rings. The molecule has 1 aromatic carbocycles. The zero-order chi connectivity index (χ0) is 10.4. The molecule has 0 radical (unpaired) electrons.